The third-order valence-electron chi connectivity index (χ3n) is 4.38. The van der Waals surface area contributed by atoms with Gasteiger partial charge in [0.15, 0.2) is 6.20 Å². The van der Waals surface area contributed by atoms with E-state index in [1.165, 1.54) is 11.1 Å². The highest BCUT2D eigenvalue weighted by atomic mass is 79.9. The summed E-state index contributed by atoms with van der Waals surface area (Å²) in [5, 5.41) is 0. The first kappa shape index (κ1) is 19.1. The van der Waals surface area contributed by atoms with Crippen molar-refractivity contribution in [2.24, 2.45) is 0 Å². The lowest BCUT2D eigenvalue weighted by Gasteiger charge is -2.08. The van der Waals surface area contributed by atoms with Crippen molar-refractivity contribution in [1.29, 1.82) is 0 Å². The Morgan fingerprint density at radius 2 is 1.48 bits per heavy atom. The zero-order valence-corrected chi connectivity index (χ0v) is 16.2. The normalized spacial score (nSPS) is 10.2. The smallest absolute Gasteiger partial charge is 0.212 e. The molecular formula is C22H22BrNO. The largest absolute Gasteiger partial charge is 1.00 e. The van der Waals surface area contributed by atoms with Crippen LogP contribution in [-0.4, -0.2) is 5.78 Å². The van der Waals surface area contributed by atoms with Crippen molar-refractivity contribution in [2.45, 2.75) is 26.8 Å². The van der Waals surface area contributed by atoms with Gasteiger partial charge in [0, 0.05) is 24.1 Å². The first-order chi connectivity index (χ1) is 11.6. The quantitative estimate of drug-likeness (QED) is 0.592. The highest BCUT2D eigenvalue weighted by molar-refractivity contribution is 5.80. The summed E-state index contributed by atoms with van der Waals surface area (Å²) in [6, 6.07) is 22.4. The molecule has 0 fully saturated rings. The second-order valence-corrected chi connectivity index (χ2v) is 6.17. The van der Waals surface area contributed by atoms with Crippen LogP contribution in [0.3, 0.4) is 0 Å². The average Bonchev–Trinajstić information content (AvgIpc) is 2.60. The fourth-order valence-electron chi connectivity index (χ4n) is 3.06. The summed E-state index contributed by atoms with van der Waals surface area (Å²) in [6.45, 7) is 4.53. The molecule has 0 spiro atoms. The van der Waals surface area contributed by atoms with Crippen LogP contribution in [0.5, 0.6) is 0 Å². The standard InChI is InChI=1S/C22H22NO.BrH/c1-17-9-8-10-18(2)21(17)15-20(24)16-23-14-7-6-13-22(23)19-11-4-3-5-12-19;/h3-14H,15-16H2,1-2H3;1H/q+1;/p-1. The second-order valence-electron chi connectivity index (χ2n) is 6.17. The third kappa shape index (κ3) is 4.64. The molecule has 3 aromatic rings. The molecule has 0 amide bonds. The summed E-state index contributed by atoms with van der Waals surface area (Å²) < 4.78 is 2.03. The molecule has 0 saturated carbocycles. The van der Waals surface area contributed by atoms with E-state index in [9.17, 15) is 4.79 Å². The van der Waals surface area contributed by atoms with E-state index in [-0.39, 0.29) is 22.8 Å². The number of ketones is 1. The van der Waals surface area contributed by atoms with Gasteiger partial charge in [0.1, 0.15) is 0 Å². The molecule has 0 atom stereocenters. The van der Waals surface area contributed by atoms with E-state index in [1.54, 1.807) is 0 Å². The van der Waals surface area contributed by atoms with E-state index in [0.717, 1.165) is 16.8 Å². The minimum absolute atomic E-state index is 0. The number of nitrogens with zero attached hydrogens (tertiary/aromatic N) is 1. The maximum Gasteiger partial charge on any atom is 0.212 e. The van der Waals surface area contributed by atoms with Crippen molar-refractivity contribution in [3.63, 3.8) is 0 Å². The third-order valence-corrected chi connectivity index (χ3v) is 4.38. The number of halogens is 1. The van der Waals surface area contributed by atoms with E-state index in [4.69, 9.17) is 0 Å². The molecule has 1 heterocycles. The van der Waals surface area contributed by atoms with Gasteiger partial charge in [0.25, 0.3) is 0 Å². The molecule has 0 saturated heterocycles. The van der Waals surface area contributed by atoms with Gasteiger partial charge in [0.2, 0.25) is 18.0 Å². The van der Waals surface area contributed by atoms with Crippen LogP contribution in [0.4, 0.5) is 0 Å². The van der Waals surface area contributed by atoms with Crippen molar-refractivity contribution in [1.82, 2.24) is 0 Å². The molecule has 2 aromatic carbocycles. The minimum Gasteiger partial charge on any atom is -1.00 e. The number of hydrogen-bond donors (Lipinski definition) is 0. The molecular weight excluding hydrogens is 374 g/mol. The van der Waals surface area contributed by atoms with Crippen molar-refractivity contribution in [2.75, 3.05) is 0 Å². The van der Waals surface area contributed by atoms with Crippen LogP contribution in [0.2, 0.25) is 0 Å². The molecule has 0 N–H and O–H groups in total. The highest BCUT2D eigenvalue weighted by Crippen LogP contribution is 2.16. The summed E-state index contributed by atoms with van der Waals surface area (Å²) in [5.74, 6) is 0.223. The van der Waals surface area contributed by atoms with Crippen LogP contribution < -0.4 is 21.5 Å². The van der Waals surface area contributed by atoms with Gasteiger partial charge in [0.05, 0.1) is 0 Å². The number of hydrogen-bond acceptors (Lipinski definition) is 1. The molecule has 2 nitrogen and oxygen atoms in total. The van der Waals surface area contributed by atoms with Gasteiger partial charge in [-0.15, -0.1) is 0 Å². The average molecular weight is 396 g/mol. The number of benzene rings is 2. The Bertz CT molecular complexity index is 839. The topological polar surface area (TPSA) is 20.9 Å². The van der Waals surface area contributed by atoms with E-state index in [0.29, 0.717) is 13.0 Å². The van der Waals surface area contributed by atoms with E-state index in [1.807, 2.05) is 47.2 Å². The number of rotatable bonds is 5. The summed E-state index contributed by atoms with van der Waals surface area (Å²) >= 11 is 0. The fraction of sp³-hybridized carbons (Fsp3) is 0.182. The molecule has 0 radical (unpaired) electrons. The Kier molecular flexibility index (Phi) is 6.65. The maximum atomic E-state index is 12.6. The summed E-state index contributed by atoms with van der Waals surface area (Å²) in [7, 11) is 0. The van der Waals surface area contributed by atoms with Crippen molar-refractivity contribution >= 4 is 5.78 Å². The lowest BCUT2D eigenvalue weighted by atomic mass is 9.98. The molecule has 0 aliphatic carbocycles. The Morgan fingerprint density at radius 3 is 2.16 bits per heavy atom. The van der Waals surface area contributed by atoms with Crippen LogP contribution in [-0.2, 0) is 17.8 Å². The molecule has 0 aliphatic heterocycles. The van der Waals surface area contributed by atoms with Crippen molar-refractivity contribution in [3.05, 3.63) is 89.6 Å². The van der Waals surface area contributed by atoms with Crippen LogP contribution in [0.25, 0.3) is 11.3 Å². The van der Waals surface area contributed by atoms with Crippen molar-refractivity contribution < 1.29 is 26.3 Å². The second kappa shape index (κ2) is 8.72. The Morgan fingerprint density at radius 1 is 0.840 bits per heavy atom. The van der Waals surface area contributed by atoms with Gasteiger partial charge < -0.3 is 17.0 Å². The van der Waals surface area contributed by atoms with Crippen LogP contribution in [0.1, 0.15) is 16.7 Å². The van der Waals surface area contributed by atoms with E-state index in [2.05, 4.69) is 44.2 Å². The molecule has 0 unspecified atom stereocenters. The zero-order chi connectivity index (χ0) is 16.9. The molecule has 3 rings (SSSR count). The SMILES string of the molecule is Cc1cccc(C)c1CC(=O)C[n+]1ccccc1-c1ccccc1.[Br-]. The first-order valence-electron chi connectivity index (χ1n) is 8.26. The molecule has 25 heavy (non-hydrogen) atoms. The number of aromatic nitrogens is 1. The van der Waals surface area contributed by atoms with Gasteiger partial charge in [-0.2, -0.15) is 4.57 Å². The van der Waals surface area contributed by atoms with Gasteiger partial charge in [-0.25, -0.2) is 0 Å². The Hall–Kier alpha value is -2.26. The number of aryl methyl sites for hydroxylation is 2. The Labute approximate surface area is 159 Å². The lowest BCUT2D eigenvalue weighted by molar-refractivity contribution is -0.673. The monoisotopic (exact) mass is 395 g/mol. The van der Waals surface area contributed by atoms with E-state index >= 15 is 0 Å². The summed E-state index contributed by atoms with van der Waals surface area (Å²) in [6.07, 6.45) is 2.46. The van der Waals surface area contributed by atoms with Gasteiger partial charge >= 0.3 is 0 Å². The molecule has 0 bridgehead atoms. The fourth-order valence-corrected chi connectivity index (χ4v) is 3.06. The summed E-state index contributed by atoms with van der Waals surface area (Å²) in [4.78, 5) is 12.6. The number of carbonyl (C=O) groups excluding carboxylic acids is 1. The predicted octanol–water partition coefficient (Wildman–Crippen LogP) is 1.07. The minimum atomic E-state index is 0. The predicted molar refractivity (Wildman–Crippen MR) is 96.7 cm³/mol. The zero-order valence-electron chi connectivity index (χ0n) is 14.6. The van der Waals surface area contributed by atoms with Gasteiger partial charge in [-0.3, -0.25) is 4.79 Å². The Balaban J connectivity index is 0.00000225. The lowest BCUT2D eigenvalue weighted by Crippen LogP contribution is -3.00. The first-order valence-corrected chi connectivity index (χ1v) is 8.26. The molecule has 128 valence electrons. The number of pyridine rings is 1. The van der Waals surface area contributed by atoms with E-state index < -0.39 is 0 Å². The molecule has 1 aromatic heterocycles. The van der Waals surface area contributed by atoms with Crippen LogP contribution in [0, 0.1) is 13.8 Å². The molecule has 3 heteroatoms. The molecule has 0 aliphatic rings. The van der Waals surface area contributed by atoms with Crippen LogP contribution >= 0.6 is 0 Å². The number of carbonyl (C=O) groups is 1. The number of Topliss-reactive ketones (excluding diaryl/α,β-unsaturated/α-hetero) is 1. The van der Waals surface area contributed by atoms with Crippen LogP contribution in [0.15, 0.2) is 72.9 Å². The highest BCUT2D eigenvalue weighted by Gasteiger charge is 2.17. The van der Waals surface area contributed by atoms with Crippen molar-refractivity contribution in [3.8, 4) is 11.3 Å². The summed E-state index contributed by atoms with van der Waals surface area (Å²) in [5.41, 5.74) is 5.71. The van der Waals surface area contributed by atoms with Gasteiger partial charge in [-0.05, 0) is 48.7 Å². The van der Waals surface area contributed by atoms with Gasteiger partial charge in [-0.1, -0.05) is 36.4 Å². The maximum absolute atomic E-state index is 12.6.